The van der Waals surface area contributed by atoms with Crippen molar-refractivity contribution in [2.24, 2.45) is 17.8 Å². The number of pyridine rings is 1. The lowest BCUT2D eigenvalue weighted by Gasteiger charge is -2.49. The summed E-state index contributed by atoms with van der Waals surface area (Å²) in [6.45, 7) is 24.0. The Bertz CT molecular complexity index is 2280. The van der Waals surface area contributed by atoms with Crippen LogP contribution >= 0.6 is 0 Å². The minimum Gasteiger partial charge on any atom is -0.462 e. The number of likely N-dealkylation sites (N-methyl/N-ethyl adjacent to an activating group) is 2. The van der Waals surface area contributed by atoms with E-state index in [1.54, 1.807) is 47.9 Å². The number of cyclic esters (lactones) is 1. The number of aliphatic hydroxyl groups is 4. The second kappa shape index (κ2) is 28.7. The summed E-state index contributed by atoms with van der Waals surface area (Å²) < 4.78 is 58.8. The molecule has 4 N–H and O–H groups in total. The van der Waals surface area contributed by atoms with Gasteiger partial charge in [0.1, 0.15) is 35.6 Å². The molecule has 78 heavy (non-hydrogen) atoms. The number of rotatable bonds is 20. The van der Waals surface area contributed by atoms with Gasteiger partial charge < -0.3 is 77.4 Å². The Morgan fingerprint density at radius 1 is 0.910 bits per heavy atom. The van der Waals surface area contributed by atoms with Crippen molar-refractivity contribution in [3.63, 3.8) is 0 Å². The van der Waals surface area contributed by atoms with E-state index in [-0.39, 0.29) is 68.1 Å². The molecule has 2 aromatic rings. The fourth-order valence-corrected chi connectivity index (χ4v) is 12.2. The lowest BCUT2D eigenvalue weighted by atomic mass is 9.77. The summed E-state index contributed by atoms with van der Waals surface area (Å²) in [7, 11) is 7.22. The van der Waals surface area contributed by atoms with Crippen LogP contribution in [-0.4, -0.2) is 198 Å². The molecule has 18 atom stereocenters. The molecule has 0 spiro atoms. The van der Waals surface area contributed by atoms with Gasteiger partial charge in [-0.05, 0) is 139 Å². The quantitative estimate of drug-likeness (QED) is 0.0899. The molecule has 19 heteroatoms. The first-order chi connectivity index (χ1) is 36.6. The highest BCUT2D eigenvalue weighted by Crippen LogP contribution is 2.41. The van der Waals surface area contributed by atoms with E-state index >= 15 is 0 Å². The first kappa shape index (κ1) is 65.7. The number of aromatic nitrogens is 1. The molecule has 3 fully saturated rings. The summed E-state index contributed by atoms with van der Waals surface area (Å²) in [5, 5.41) is 48.7. The van der Waals surface area contributed by atoms with Crippen molar-refractivity contribution in [2.45, 2.75) is 231 Å². The average Bonchev–Trinajstić information content (AvgIpc) is 3.42. The van der Waals surface area contributed by atoms with Crippen LogP contribution in [0.1, 0.15) is 144 Å². The number of benzene rings is 1. The van der Waals surface area contributed by atoms with E-state index in [0.29, 0.717) is 44.3 Å². The number of aliphatic hydroxyl groups excluding tert-OH is 2. The van der Waals surface area contributed by atoms with E-state index in [1.165, 1.54) is 6.92 Å². The molecule has 3 saturated heterocycles. The molecule has 0 amide bonds. The van der Waals surface area contributed by atoms with Crippen LogP contribution in [0.15, 0.2) is 29.2 Å². The van der Waals surface area contributed by atoms with Crippen LogP contribution in [0.2, 0.25) is 0 Å². The van der Waals surface area contributed by atoms with E-state index in [0.717, 1.165) is 23.9 Å². The summed E-state index contributed by atoms with van der Waals surface area (Å²) in [4.78, 5) is 44.7. The SMILES string of the molecule is CCCCn1cc(C(=O)OCC)c(=O)c2cc(CCCOCCO[C@H]3[C@H](C)O[C@@H](O[C@H]4[C@H](C)[C@@H](O[C@@H]5O[C@H](C)C[C@H](N(C)C)[C@H]5O)[C@](C)(O)C[C@@H](C)CN(C)[C@H](C)[C@@H](O)[C@](C)(O)[C@@H](CC)OC(=O)[C@@H]4C)C[C@@]3(C)OC)ccc21. The van der Waals surface area contributed by atoms with Gasteiger partial charge in [-0.3, -0.25) is 9.59 Å². The fourth-order valence-electron chi connectivity index (χ4n) is 12.2. The summed E-state index contributed by atoms with van der Waals surface area (Å²) in [5.41, 5.74) is -2.96. The van der Waals surface area contributed by atoms with Crippen LogP contribution in [0, 0.1) is 17.8 Å². The Morgan fingerprint density at radius 2 is 1.62 bits per heavy atom. The van der Waals surface area contributed by atoms with Crippen LogP contribution in [-0.2, 0) is 60.4 Å². The first-order valence-electron chi connectivity index (χ1n) is 28.7. The Balaban J connectivity index is 1.33. The predicted octanol–water partition coefficient (Wildman–Crippen LogP) is 5.87. The van der Waals surface area contributed by atoms with E-state index < -0.39 is 102 Å². The second-order valence-corrected chi connectivity index (χ2v) is 23.7. The molecule has 5 rings (SSSR count). The van der Waals surface area contributed by atoms with Crippen LogP contribution in [0.25, 0.3) is 10.9 Å². The third kappa shape index (κ3) is 15.9. The molecular weight excluding hydrogens is 1010 g/mol. The van der Waals surface area contributed by atoms with E-state index in [1.807, 2.05) is 88.3 Å². The predicted molar refractivity (Wildman–Crippen MR) is 296 cm³/mol. The molecule has 4 heterocycles. The zero-order valence-corrected chi connectivity index (χ0v) is 49.9. The van der Waals surface area contributed by atoms with Crippen molar-refractivity contribution in [3.05, 3.63) is 45.7 Å². The van der Waals surface area contributed by atoms with E-state index in [2.05, 4.69) is 6.92 Å². The van der Waals surface area contributed by atoms with Crippen molar-refractivity contribution >= 4 is 22.8 Å². The number of fused-ring (bicyclic) bond motifs is 1. The van der Waals surface area contributed by atoms with Crippen LogP contribution < -0.4 is 5.43 Å². The molecule has 3 aliphatic heterocycles. The topological polar surface area (TPSA) is 227 Å². The summed E-state index contributed by atoms with van der Waals surface area (Å²) in [6, 6.07) is 4.95. The second-order valence-electron chi connectivity index (χ2n) is 23.7. The Labute approximate surface area is 464 Å². The Kier molecular flexibility index (Phi) is 24.2. The number of hydrogen-bond acceptors (Lipinski definition) is 18. The van der Waals surface area contributed by atoms with Crippen molar-refractivity contribution in [1.29, 1.82) is 0 Å². The molecule has 0 saturated carbocycles. The van der Waals surface area contributed by atoms with Gasteiger partial charge in [-0.25, -0.2) is 4.79 Å². The van der Waals surface area contributed by atoms with Crippen LogP contribution in [0.5, 0.6) is 0 Å². The number of nitrogens with zero attached hydrogens (tertiary/aromatic N) is 3. The lowest BCUT2D eigenvalue weighted by Crippen LogP contribution is -2.61. The highest BCUT2D eigenvalue weighted by atomic mass is 16.7. The normalized spacial score (nSPS) is 37.0. The number of ether oxygens (including phenoxy) is 9. The molecule has 1 aromatic carbocycles. The largest absolute Gasteiger partial charge is 0.462 e. The lowest BCUT2D eigenvalue weighted by molar-refractivity contribution is -0.321. The number of esters is 2. The maximum atomic E-state index is 14.6. The molecule has 19 nitrogen and oxygen atoms in total. The Morgan fingerprint density at radius 3 is 2.26 bits per heavy atom. The summed E-state index contributed by atoms with van der Waals surface area (Å²) in [6.07, 6.45) is -3.21. The van der Waals surface area contributed by atoms with Gasteiger partial charge in [0.2, 0.25) is 5.43 Å². The maximum absolute atomic E-state index is 14.6. The van der Waals surface area contributed by atoms with Gasteiger partial charge in [0, 0.05) is 62.8 Å². The highest BCUT2D eigenvalue weighted by Gasteiger charge is 2.53. The van der Waals surface area contributed by atoms with Crippen molar-refractivity contribution in [3.8, 4) is 0 Å². The van der Waals surface area contributed by atoms with Gasteiger partial charge in [-0.1, -0.05) is 40.2 Å². The summed E-state index contributed by atoms with van der Waals surface area (Å²) >= 11 is 0. The number of aryl methyl sites for hydroxylation is 2. The number of hydrogen-bond donors (Lipinski definition) is 4. The van der Waals surface area contributed by atoms with Crippen LogP contribution in [0.4, 0.5) is 0 Å². The van der Waals surface area contributed by atoms with Gasteiger partial charge in [0.15, 0.2) is 12.6 Å². The van der Waals surface area contributed by atoms with Crippen LogP contribution in [0.3, 0.4) is 0 Å². The zero-order chi connectivity index (χ0) is 58.0. The highest BCUT2D eigenvalue weighted by molar-refractivity contribution is 5.94. The molecule has 3 aliphatic rings. The first-order valence-corrected chi connectivity index (χ1v) is 28.7. The molecule has 0 aliphatic carbocycles. The number of unbranched alkanes of at least 4 members (excludes halogenated alkanes) is 1. The smallest absolute Gasteiger partial charge is 0.343 e. The number of carbonyl (C=O) groups is 2. The molecule has 0 unspecified atom stereocenters. The van der Waals surface area contributed by atoms with Gasteiger partial charge in [0.05, 0.1) is 66.9 Å². The standard InChI is InChI=1S/C59H99N3O16/c1-17-20-25-62-34-43(55(67)72-19-3)48(63)42-30-41(23-24-44(42)62)22-21-26-71-27-28-73-53-40(9)75-47(32-58(53,11)70-16)77-50-37(6)52(78-56-49(64)45(60(13)14)29-36(5)74-56)57(10,68)31-35(4)33-61(15)39(8)51(65)59(12,69)46(18-2)76-54(66)38(50)7/h23-24,30,34-40,45-47,49-53,56,64-65,68-69H,17-22,25-29,31-33H2,1-16H3/t35-,36-,37+,38-,39-,40+,45+,46-,47+,49-,50+,51-,52-,53+,56+,57-,58-,59-/m1/s1. The molecule has 446 valence electrons. The summed E-state index contributed by atoms with van der Waals surface area (Å²) in [5.74, 6) is -3.33. The number of methoxy groups -OCH3 is 1. The van der Waals surface area contributed by atoms with Crippen molar-refractivity contribution < 1.29 is 72.6 Å². The molecule has 0 radical (unpaired) electrons. The van der Waals surface area contributed by atoms with E-state index in [9.17, 15) is 34.8 Å². The van der Waals surface area contributed by atoms with Crippen molar-refractivity contribution in [2.75, 3.05) is 61.2 Å². The monoisotopic (exact) mass is 1110 g/mol. The van der Waals surface area contributed by atoms with Crippen molar-refractivity contribution in [1.82, 2.24) is 14.4 Å². The van der Waals surface area contributed by atoms with Gasteiger partial charge >= 0.3 is 11.9 Å². The minimum absolute atomic E-state index is 0.0343. The molecule has 1 aromatic heterocycles. The third-order valence-corrected chi connectivity index (χ3v) is 16.8. The fraction of sp³-hybridized carbons (Fsp3) is 0.814. The number of carbonyl (C=O) groups excluding carboxylic acids is 2. The minimum atomic E-state index is -1.84. The molecule has 0 bridgehead atoms. The average molecular weight is 1110 g/mol. The molecular formula is C59H99N3O16. The van der Waals surface area contributed by atoms with E-state index in [4.69, 9.17) is 42.6 Å². The zero-order valence-electron chi connectivity index (χ0n) is 49.9. The van der Waals surface area contributed by atoms with Gasteiger partial charge in [0.25, 0.3) is 0 Å². The Hall–Kier alpha value is -3.15. The maximum Gasteiger partial charge on any atom is 0.343 e. The third-order valence-electron chi connectivity index (χ3n) is 16.8. The van der Waals surface area contributed by atoms with Gasteiger partial charge in [-0.15, -0.1) is 0 Å². The van der Waals surface area contributed by atoms with Gasteiger partial charge in [-0.2, -0.15) is 0 Å².